The molecule has 2 aliphatic rings. The SMILES string of the molecule is CC(C)[C@H]1c2ncc(C(=O)N[C@@H](CO)c3ccc(S(C)(=O)=O)cc3)cc2CN1C[C@H]1CC[C@H](C(F)(F)F)CO1. The molecule has 12 heteroatoms. The molecule has 1 fully saturated rings. The van der Waals surface area contributed by atoms with Crippen molar-refractivity contribution >= 4 is 15.7 Å². The second kappa shape index (κ2) is 11.5. The predicted octanol–water partition coefficient (Wildman–Crippen LogP) is 3.82. The summed E-state index contributed by atoms with van der Waals surface area (Å²) in [5.41, 5.74) is 2.56. The van der Waals surface area contributed by atoms with E-state index < -0.39 is 33.9 Å². The van der Waals surface area contributed by atoms with Gasteiger partial charge in [0.2, 0.25) is 0 Å². The van der Waals surface area contributed by atoms with Crippen molar-refractivity contribution in [3.05, 3.63) is 58.9 Å². The molecule has 0 bridgehead atoms. The summed E-state index contributed by atoms with van der Waals surface area (Å²) < 4.78 is 68.0. The van der Waals surface area contributed by atoms with Crippen LogP contribution in [-0.2, 0) is 21.1 Å². The third kappa shape index (κ3) is 6.79. The Morgan fingerprint density at radius 3 is 2.46 bits per heavy atom. The zero-order valence-corrected chi connectivity index (χ0v) is 22.9. The van der Waals surface area contributed by atoms with Gasteiger partial charge in [-0.15, -0.1) is 0 Å². The van der Waals surface area contributed by atoms with Crippen LogP contribution in [0.5, 0.6) is 0 Å². The number of aliphatic hydroxyl groups is 1. The number of sulfone groups is 1. The van der Waals surface area contributed by atoms with Crippen LogP contribution >= 0.6 is 0 Å². The van der Waals surface area contributed by atoms with Crippen molar-refractivity contribution in [2.45, 2.75) is 62.5 Å². The van der Waals surface area contributed by atoms with E-state index >= 15 is 0 Å². The molecule has 2 aliphatic heterocycles. The summed E-state index contributed by atoms with van der Waals surface area (Å²) in [5.74, 6) is -1.68. The Morgan fingerprint density at radius 2 is 1.92 bits per heavy atom. The maximum absolute atomic E-state index is 13.1. The van der Waals surface area contributed by atoms with Crippen LogP contribution in [0.15, 0.2) is 41.4 Å². The molecule has 214 valence electrons. The van der Waals surface area contributed by atoms with Crippen molar-refractivity contribution in [2.24, 2.45) is 11.8 Å². The lowest BCUT2D eigenvalue weighted by Crippen LogP contribution is -2.41. The molecule has 0 unspecified atom stereocenters. The molecule has 1 saturated heterocycles. The first-order chi connectivity index (χ1) is 18.3. The third-order valence-electron chi connectivity index (χ3n) is 7.41. The molecule has 0 aliphatic carbocycles. The van der Waals surface area contributed by atoms with Crippen molar-refractivity contribution in [1.82, 2.24) is 15.2 Å². The summed E-state index contributed by atoms with van der Waals surface area (Å²) in [6.07, 6.45) is -1.58. The number of aromatic nitrogens is 1. The molecule has 0 saturated carbocycles. The zero-order chi connectivity index (χ0) is 28.5. The lowest BCUT2D eigenvalue weighted by atomic mass is 9.96. The summed E-state index contributed by atoms with van der Waals surface area (Å²) in [5, 5.41) is 12.6. The van der Waals surface area contributed by atoms with Crippen LogP contribution < -0.4 is 5.32 Å². The van der Waals surface area contributed by atoms with E-state index in [0.29, 0.717) is 30.6 Å². The topological polar surface area (TPSA) is 109 Å². The maximum atomic E-state index is 13.1. The van der Waals surface area contributed by atoms with Crippen LogP contribution in [0.3, 0.4) is 0 Å². The first-order valence-corrected chi connectivity index (χ1v) is 14.8. The van der Waals surface area contributed by atoms with E-state index in [1.54, 1.807) is 18.2 Å². The summed E-state index contributed by atoms with van der Waals surface area (Å²) in [6, 6.07) is 6.91. The molecule has 2 aromatic rings. The Labute approximate surface area is 226 Å². The highest BCUT2D eigenvalue weighted by atomic mass is 32.2. The number of nitrogens with one attached hydrogen (secondary N) is 1. The highest BCUT2D eigenvalue weighted by Gasteiger charge is 2.43. The summed E-state index contributed by atoms with van der Waals surface area (Å²) >= 11 is 0. The number of halogens is 3. The quantitative estimate of drug-likeness (QED) is 0.498. The summed E-state index contributed by atoms with van der Waals surface area (Å²) in [6.45, 7) is 4.36. The van der Waals surface area contributed by atoms with Crippen LogP contribution in [0.1, 0.15) is 66.0 Å². The van der Waals surface area contributed by atoms with Crippen molar-refractivity contribution in [3.8, 4) is 0 Å². The number of ether oxygens (including phenoxy) is 1. The molecule has 1 amide bonds. The number of amides is 1. The smallest absolute Gasteiger partial charge is 0.394 e. The largest absolute Gasteiger partial charge is 0.394 e. The molecule has 4 rings (SSSR count). The maximum Gasteiger partial charge on any atom is 0.394 e. The number of aliphatic hydroxyl groups excluding tert-OH is 1. The van der Waals surface area contributed by atoms with Gasteiger partial charge in [0.1, 0.15) is 0 Å². The first-order valence-electron chi connectivity index (χ1n) is 12.9. The highest BCUT2D eigenvalue weighted by molar-refractivity contribution is 7.90. The fraction of sp³-hybridized carbons (Fsp3) is 0.556. The Kier molecular flexibility index (Phi) is 8.70. The van der Waals surface area contributed by atoms with E-state index in [-0.39, 0.29) is 42.6 Å². The van der Waals surface area contributed by atoms with E-state index in [0.717, 1.165) is 17.5 Å². The van der Waals surface area contributed by atoms with Gasteiger partial charge < -0.3 is 15.2 Å². The number of carbonyl (C=O) groups is 1. The molecule has 0 radical (unpaired) electrons. The van der Waals surface area contributed by atoms with E-state index in [1.165, 1.54) is 18.3 Å². The van der Waals surface area contributed by atoms with Crippen molar-refractivity contribution in [3.63, 3.8) is 0 Å². The minimum Gasteiger partial charge on any atom is -0.394 e. The number of carbonyl (C=O) groups excluding carboxylic acids is 1. The second-order valence-corrected chi connectivity index (χ2v) is 12.7. The first kappa shape index (κ1) is 29.4. The number of hydrogen-bond acceptors (Lipinski definition) is 7. The number of benzene rings is 1. The van der Waals surface area contributed by atoms with Crippen molar-refractivity contribution in [2.75, 3.05) is 26.0 Å². The number of hydrogen-bond donors (Lipinski definition) is 2. The summed E-state index contributed by atoms with van der Waals surface area (Å²) in [4.78, 5) is 19.9. The number of nitrogens with zero attached hydrogens (tertiary/aromatic N) is 2. The average Bonchev–Trinajstić information content (AvgIpc) is 3.23. The normalized spacial score (nSPS) is 23.0. The molecular weight excluding hydrogens is 535 g/mol. The van der Waals surface area contributed by atoms with Gasteiger partial charge in [0.25, 0.3) is 5.91 Å². The fourth-order valence-electron chi connectivity index (χ4n) is 5.34. The molecule has 1 aromatic carbocycles. The van der Waals surface area contributed by atoms with Gasteiger partial charge in [-0.25, -0.2) is 8.42 Å². The molecule has 3 heterocycles. The van der Waals surface area contributed by atoms with Crippen LogP contribution in [0.2, 0.25) is 0 Å². The average molecular weight is 570 g/mol. The second-order valence-electron chi connectivity index (χ2n) is 10.7. The van der Waals surface area contributed by atoms with Gasteiger partial charge >= 0.3 is 6.18 Å². The molecule has 1 aromatic heterocycles. The van der Waals surface area contributed by atoms with E-state index in [4.69, 9.17) is 4.74 Å². The van der Waals surface area contributed by atoms with Crippen molar-refractivity contribution < 1.29 is 36.2 Å². The van der Waals surface area contributed by atoms with Gasteiger partial charge in [-0.1, -0.05) is 26.0 Å². The number of rotatable bonds is 8. The standard InChI is InChI=1S/C27H34F3N3O5S/c1-16(2)25-24-19(12-33(25)13-21-7-6-20(15-38-21)27(28,29)30)10-18(11-31-24)26(35)32-23(14-34)17-4-8-22(9-5-17)39(3,36)37/h4-5,8-11,16,20-21,23,25,34H,6-7,12-15H2,1-3H3,(H,32,35)/t20-,21+,23-,25-/m0/s1. The molecule has 4 atom stereocenters. The Bertz CT molecular complexity index is 1280. The minimum absolute atomic E-state index is 0.0485. The Hall–Kier alpha value is -2.54. The van der Waals surface area contributed by atoms with Crippen LogP contribution in [0.25, 0.3) is 0 Å². The van der Waals surface area contributed by atoms with E-state index in [2.05, 4.69) is 29.0 Å². The van der Waals surface area contributed by atoms with E-state index in [1.807, 2.05) is 0 Å². The lowest BCUT2D eigenvalue weighted by Gasteiger charge is -2.35. The number of alkyl halides is 3. The van der Waals surface area contributed by atoms with Crippen LogP contribution in [-0.4, -0.2) is 67.6 Å². The van der Waals surface area contributed by atoms with Crippen LogP contribution in [0.4, 0.5) is 13.2 Å². The molecular formula is C27H34F3N3O5S. The van der Waals surface area contributed by atoms with Gasteiger partial charge in [0.05, 0.1) is 53.5 Å². The minimum atomic E-state index is -4.25. The Balaban J connectivity index is 1.44. The molecule has 8 nitrogen and oxygen atoms in total. The zero-order valence-electron chi connectivity index (χ0n) is 22.1. The molecule has 0 spiro atoms. The lowest BCUT2D eigenvalue weighted by molar-refractivity contribution is -0.209. The van der Waals surface area contributed by atoms with Gasteiger partial charge in [-0.3, -0.25) is 14.7 Å². The molecule has 39 heavy (non-hydrogen) atoms. The van der Waals surface area contributed by atoms with Crippen LogP contribution in [0, 0.1) is 11.8 Å². The van der Waals surface area contributed by atoms with Gasteiger partial charge in [0.15, 0.2) is 9.84 Å². The predicted molar refractivity (Wildman–Crippen MR) is 138 cm³/mol. The fourth-order valence-corrected chi connectivity index (χ4v) is 5.97. The van der Waals surface area contributed by atoms with Gasteiger partial charge in [-0.2, -0.15) is 13.2 Å². The number of fused-ring (bicyclic) bond motifs is 1. The van der Waals surface area contributed by atoms with Gasteiger partial charge in [0, 0.05) is 25.5 Å². The number of pyridine rings is 1. The monoisotopic (exact) mass is 569 g/mol. The molecule has 2 N–H and O–H groups in total. The Morgan fingerprint density at radius 1 is 1.23 bits per heavy atom. The van der Waals surface area contributed by atoms with Crippen molar-refractivity contribution in [1.29, 1.82) is 0 Å². The summed E-state index contributed by atoms with van der Waals surface area (Å²) in [7, 11) is -3.37. The highest BCUT2D eigenvalue weighted by Crippen LogP contribution is 2.39. The van der Waals surface area contributed by atoms with E-state index in [9.17, 15) is 31.5 Å². The van der Waals surface area contributed by atoms with Gasteiger partial charge in [-0.05, 0) is 48.1 Å². The third-order valence-corrected chi connectivity index (χ3v) is 8.54.